The van der Waals surface area contributed by atoms with Crippen LogP contribution in [0.4, 0.5) is 8.78 Å². The molecule has 0 bridgehead atoms. The molecule has 6 nitrogen and oxygen atoms in total. The topological polar surface area (TPSA) is 60.4 Å². The minimum atomic E-state index is -0.857. The van der Waals surface area contributed by atoms with E-state index in [4.69, 9.17) is 21.1 Å². The summed E-state index contributed by atoms with van der Waals surface area (Å²) in [6.45, 7) is 1.52. The number of hydrogen-bond acceptors (Lipinski definition) is 6. The summed E-state index contributed by atoms with van der Waals surface area (Å²) in [6, 6.07) is -0.0362. The van der Waals surface area contributed by atoms with Crippen LogP contribution in [-0.2, 0) is 0 Å². The van der Waals surface area contributed by atoms with Crippen LogP contribution in [0.3, 0.4) is 0 Å². The lowest BCUT2D eigenvalue weighted by atomic mass is 9.95. The summed E-state index contributed by atoms with van der Waals surface area (Å²) in [6.07, 6.45) is 1.42. The molecule has 2 aromatic rings. The summed E-state index contributed by atoms with van der Waals surface area (Å²) >= 11 is 9.03. The number of alkyl halides is 1. The van der Waals surface area contributed by atoms with Gasteiger partial charge in [-0.3, -0.25) is 4.90 Å². The summed E-state index contributed by atoms with van der Waals surface area (Å²) in [5, 5.41) is -0.0419. The lowest BCUT2D eigenvalue weighted by molar-refractivity contribution is 0.107. The third kappa shape index (κ3) is 2.90. The summed E-state index contributed by atoms with van der Waals surface area (Å²) < 4.78 is 39.6. The van der Waals surface area contributed by atoms with E-state index in [1.807, 2.05) is 0 Å². The minimum Gasteiger partial charge on any atom is -0.480 e. The molecule has 2 atom stereocenters. The van der Waals surface area contributed by atoms with Crippen LogP contribution >= 0.6 is 27.5 Å². The van der Waals surface area contributed by atoms with Crippen LogP contribution in [-0.4, -0.2) is 58.4 Å². The molecule has 0 spiro atoms. The maximum Gasteiger partial charge on any atom is 0.320 e. The fourth-order valence-corrected chi connectivity index (χ4v) is 4.72. The molecule has 2 fully saturated rings. The number of nitrogens with zero attached hydrogens (tertiary/aromatic N) is 4. The predicted molar refractivity (Wildman–Crippen MR) is 95.1 cm³/mol. The first-order chi connectivity index (χ1) is 12.4. The Morgan fingerprint density at radius 1 is 1.38 bits per heavy atom. The van der Waals surface area contributed by atoms with E-state index < -0.39 is 12.0 Å². The number of ether oxygens (including phenoxy) is 2. The largest absolute Gasteiger partial charge is 0.480 e. The van der Waals surface area contributed by atoms with E-state index in [9.17, 15) is 8.78 Å². The summed E-state index contributed by atoms with van der Waals surface area (Å²) in [7, 11) is 1.41. The van der Waals surface area contributed by atoms with Gasteiger partial charge in [0.15, 0.2) is 11.0 Å². The highest BCUT2D eigenvalue weighted by atomic mass is 79.9. The molecule has 0 radical (unpaired) electrons. The molecule has 2 aromatic heterocycles. The normalized spacial score (nSPS) is 25.7. The first-order valence-corrected chi connectivity index (χ1v) is 9.39. The lowest BCUT2D eigenvalue weighted by Crippen LogP contribution is -2.43. The average molecular weight is 450 g/mol. The standard InChI is InChI=1S/C16H16BrClF2N4O2/c1-25-14-9-11(10(20)13(18)22-12(9)17)21-15(23-14)26-7-16-3-2-4-24(16)6-8(19)5-16/h8H,2-7H2,1H3/t8-,16+/m1/s1. The van der Waals surface area contributed by atoms with E-state index in [1.165, 1.54) is 7.11 Å². The fraction of sp³-hybridized carbons (Fsp3) is 0.562. The molecule has 2 aliphatic heterocycles. The van der Waals surface area contributed by atoms with Crippen LogP contribution in [0.1, 0.15) is 19.3 Å². The van der Waals surface area contributed by atoms with Crippen molar-refractivity contribution >= 4 is 38.4 Å². The van der Waals surface area contributed by atoms with E-state index in [2.05, 4.69) is 35.8 Å². The van der Waals surface area contributed by atoms with Crippen LogP contribution < -0.4 is 9.47 Å². The van der Waals surface area contributed by atoms with Gasteiger partial charge in [-0.25, -0.2) is 13.8 Å². The summed E-state index contributed by atoms with van der Waals surface area (Å²) in [5.41, 5.74) is -0.394. The molecule has 0 amide bonds. The number of rotatable bonds is 4. The monoisotopic (exact) mass is 448 g/mol. The fourth-order valence-electron chi connectivity index (χ4n) is 3.91. The molecule has 140 valence electrons. The van der Waals surface area contributed by atoms with E-state index in [1.54, 1.807) is 0 Å². The molecule has 0 saturated carbocycles. The second kappa shape index (κ2) is 6.69. The van der Waals surface area contributed by atoms with Gasteiger partial charge in [-0.2, -0.15) is 9.97 Å². The molecular formula is C16H16BrClF2N4O2. The molecular weight excluding hydrogens is 434 g/mol. The summed E-state index contributed by atoms with van der Waals surface area (Å²) in [5.74, 6) is -0.656. The van der Waals surface area contributed by atoms with Gasteiger partial charge in [-0.1, -0.05) is 11.6 Å². The quantitative estimate of drug-likeness (QED) is 0.666. The zero-order valence-corrected chi connectivity index (χ0v) is 16.3. The van der Waals surface area contributed by atoms with E-state index in [0.29, 0.717) is 13.0 Å². The van der Waals surface area contributed by atoms with Crippen LogP contribution in [0.25, 0.3) is 10.9 Å². The van der Waals surface area contributed by atoms with Gasteiger partial charge in [0.1, 0.15) is 22.9 Å². The minimum absolute atomic E-state index is 0.0362. The first-order valence-electron chi connectivity index (χ1n) is 8.22. The molecule has 0 aliphatic carbocycles. The van der Waals surface area contributed by atoms with Crippen molar-refractivity contribution in [3.8, 4) is 11.9 Å². The van der Waals surface area contributed by atoms with Crippen LogP contribution in [0.5, 0.6) is 11.9 Å². The zero-order chi connectivity index (χ0) is 18.5. The first kappa shape index (κ1) is 18.1. The molecule has 10 heteroatoms. The number of fused-ring (bicyclic) bond motifs is 2. The van der Waals surface area contributed by atoms with Crippen molar-refractivity contribution in [2.75, 3.05) is 26.8 Å². The number of methoxy groups -OCH3 is 1. The van der Waals surface area contributed by atoms with Gasteiger partial charge in [-0.05, 0) is 35.3 Å². The average Bonchev–Trinajstić information content (AvgIpc) is 3.12. The molecule has 0 aromatic carbocycles. The maximum absolute atomic E-state index is 14.4. The molecule has 0 N–H and O–H groups in total. The molecule has 4 heterocycles. The lowest BCUT2D eigenvalue weighted by Gasteiger charge is -2.30. The predicted octanol–water partition coefficient (Wildman–Crippen LogP) is 3.54. The van der Waals surface area contributed by atoms with Crippen LogP contribution in [0.15, 0.2) is 4.60 Å². The van der Waals surface area contributed by atoms with E-state index in [0.717, 1.165) is 19.4 Å². The van der Waals surface area contributed by atoms with E-state index >= 15 is 0 Å². The van der Waals surface area contributed by atoms with Gasteiger partial charge >= 0.3 is 6.01 Å². The van der Waals surface area contributed by atoms with Gasteiger partial charge in [-0.15, -0.1) is 0 Å². The van der Waals surface area contributed by atoms with Gasteiger partial charge in [0.2, 0.25) is 5.88 Å². The Hall–Kier alpha value is -1.32. The van der Waals surface area contributed by atoms with Gasteiger partial charge in [0, 0.05) is 13.0 Å². The van der Waals surface area contributed by atoms with E-state index in [-0.39, 0.29) is 44.7 Å². The van der Waals surface area contributed by atoms with Crippen molar-refractivity contribution in [1.82, 2.24) is 19.9 Å². The molecule has 4 rings (SSSR count). The Labute approximate surface area is 162 Å². The molecule has 2 aliphatic rings. The van der Waals surface area contributed by atoms with Gasteiger partial charge < -0.3 is 9.47 Å². The molecule has 26 heavy (non-hydrogen) atoms. The van der Waals surface area contributed by atoms with Crippen molar-refractivity contribution in [2.45, 2.75) is 31.0 Å². The zero-order valence-electron chi connectivity index (χ0n) is 13.9. The van der Waals surface area contributed by atoms with Crippen LogP contribution in [0.2, 0.25) is 5.15 Å². The molecule has 0 unspecified atom stereocenters. The number of halogens is 4. The Kier molecular flexibility index (Phi) is 4.65. The number of hydrogen-bond donors (Lipinski definition) is 0. The highest BCUT2D eigenvalue weighted by Gasteiger charge is 2.49. The Balaban J connectivity index is 1.68. The Morgan fingerprint density at radius 3 is 2.96 bits per heavy atom. The van der Waals surface area contributed by atoms with Crippen LogP contribution in [0, 0.1) is 5.82 Å². The Bertz CT molecular complexity index is 874. The van der Waals surface area contributed by atoms with Crippen molar-refractivity contribution in [2.24, 2.45) is 0 Å². The SMILES string of the molecule is COc1nc(OC[C@@]23CCCN2C[C@H](F)C3)nc2c(F)c(Cl)nc(Br)c12. The smallest absolute Gasteiger partial charge is 0.320 e. The third-order valence-corrected chi connectivity index (χ3v) is 5.90. The second-order valence-electron chi connectivity index (χ2n) is 6.61. The highest BCUT2D eigenvalue weighted by Crippen LogP contribution is 2.40. The van der Waals surface area contributed by atoms with Crippen molar-refractivity contribution < 1.29 is 18.3 Å². The van der Waals surface area contributed by atoms with Crippen molar-refractivity contribution in [3.05, 3.63) is 15.6 Å². The highest BCUT2D eigenvalue weighted by molar-refractivity contribution is 9.10. The van der Waals surface area contributed by atoms with Gasteiger partial charge in [0.25, 0.3) is 0 Å². The Morgan fingerprint density at radius 2 is 2.19 bits per heavy atom. The third-order valence-electron chi connectivity index (χ3n) is 5.07. The van der Waals surface area contributed by atoms with Crippen molar-refractivity contribution in [1.29, 1.82) is 0 Å². The summed E-state index contributed by atoms with van der Waals surface area (Å²) in [4.78, 5) is 14.3. The number of aromatic nitrogens is 3. The van der Waals surface area contributed by atoms with Gasteiger partial charge in [0.05, 0.1) is 18.0 Å². The van der Waals surface area contributed by atoms with Crippen molar-refractivity contribution in [3.63, 3.8) is 0 Å². The number of pyridine rings is 1. The maximum atomic E-state index is 14.4. The second-order valence-corrected chi connectivity index (χ2v) is 7.72. The molecule has 2 saturated heterocycles.